The lowest BCUT2D eigenvalue weighted by Gasteiger charge is -2.31. The molecule has 35 heavy (non-hydrogen) atoms. The maximum absolute atomic E-state index is 14.1. The molecule has 3 aromatic rings. The highest BCUT2D eigenvalue weighted by Gasteiger charge is 2.27. The molecular weight excluding hydrogens is 493 g/mol. The summed E-state index contributed by atoms with van der Waals surface area (Å²) in [7, 11) is -3.12. The van der Waals surface area contributed by atoms with Crippen LogP contribution in [0.15, 0.2) is 60.0 Å². The highest BCUT2D eigenvalue weighted by Crippen LogP contribution is 2.29. The van der Waals surface area contributed by atoms with E-state index in [1.807, 2.05) is 0 Å². The monoisotopic (exact) mass is 517 g/mol. The Bertz CT molecular complexity index is 1300. The Hall–Kier alpha value is -3.44. The molecule has 2 heterocycles. The van der Waals surface area contributed by atoms with E-state index in [1.54, 1.807) is 34.5 Å². The van der Waals surface area contributed by atoms with Crippen LogP contribution in [0.4, 0.5) is 15.8 Å². The van der Waals surface area contributed by atoms with Gasteiger partial charge in [0.15, 0.2) is 9.84 Å². The number of phenolic OH excluding ortho intramolecular Hbond substituents is 1. The highest BCUT2D eigenvalue weighted by molar-refractivity contribution is 7.91. The van der Waals surface area contributed by atoms with Gasteiger partial charge in [-0.2, -0.15) is 0 Å². The summed E-state index contributed by atoms with van der Waals surface area (Å²) >= 11 is 1.24. The number of hydrogen-bond donors (Lipinski definition) is 3. The molecule has 1 atom stereocenters. The van der Waals surface area contributed by atoms with Gasteiger partial charge in [0.25, 0.3) is 5.91 Å². The number of rotatable bonds is 7. The molecule has 2 aromatic carbocycles. The number of halogens is 1. The molecule has 2 amide bonds. The zero-order chi connectivity index (χ0) is 25.0. The summed E-state index contributed by atoms with van der Waals surface area (Å²) in [5.41, 5.74) is 1.40. The van der Waals surface area contributed by atoms with Crippen LogP contribution in [0.5, 0.6) is 5.75 Å². The number of aromatic hydroxyl groups is 1. The van der Waals surface area contributed by atoms with E-state index in [0.29, 0.717) is 16.1 Å². The number of benzene rings is 2. The third-order valence-electron chi connectivity index (χ3n) is 5.64. The van der Waals surface area contributed by atoms with Crippen molar-refractivity contribution in [2.75, 3.05) is 34.8 Å². The van der Waals surface area contributed by atoms with Crippen LogP contribution in [0.25, 0.3) is 0 Å². The van der Waals surface area contributed by atoms with Gasteiger partial charge in [0.2, 0.25) is 5.91 Å². The molecule has 11 heteroatoms. The van der Waals surface area contributed by atoms with Crippen molar-refractivity contribution in [1.29, 1.82) is 0 Å². The standard InChI is InChI=1S/C24H24FN3O5S2/c25-17-5-8-21(28-9-12-35(32,33)13-10-28)19(15-17)26-23(30)20(14-16-3-6-18(29)7-4-16)27-24(31)22-2-1-11-34-22/h1-8,11,15,20,29H,9-10,12-14H2,(H,26,30)(H,27,31)/t20-/m1/s1. The summed E-state index contributed by atoms with van der Waals surface area (Å²) in [6, 6.07) is 12.6. The first-order chi connectivity index (χ1) is 16.7. The number of anilines is 2. The Labute approximate surface area is 206 Å². The van der Waals surface area contributed by atoms with Crippen molar-refractivity contribution in [2.24, 2.45) is 0 Å². The van der Waals surface area contributed by atoms with Crippen LogP contribution < -0.4 is 15.5 Å². The molecule has 1 aliphatic rings. The molecular formula is C24H24FN3O5S2. The molecule has 0 saturated carbocycles. The summed E-state index contributed by atoms with van der Waals surface area (Å²) in [5.74, 6) is -1.52. The fraction of sp³-hybridized carbons (Fsp3) is 0.250. The van der Waals surface area contributed by atoms with E-state index in [0.717, 1.165) is 0 Å². The third kappa shape index (κ3) is 6.37. The molecule has 1 saturated heterocycles. The van der Waals surface area contributed by atoms with Gasteiger partial charge in [-0.3, -0.25) is 9.59 Å². The fourth-order valence-electron chi connectivity index (χ4n) is 3.77. The van der Waals surface area contributed by atoms with Crippen molar-refractivity contribution in [3.8, 4) is 5.75 Å². The van der Waals surface area contributed by atoms with Crippen LogP contribution in [0.3, 0.4) is 0 Å². The number of phenols is 1. The van der Waals surface area contributed by atoms with Crippen molar-refractivity contribution < 1.29 is 27.5 Å². The van der Waals surface area contributed by atoms with Gasteiger partial charge in [0.1, 0.15) is 17.6 Å². The molecule has 8 nitrogen and oxygen atoms in total. The number of sulfone groups is 1. The van der Waals surface area contributed by atoms with Gasteiger partial charge in [-0.1, -0.05) is 18.2 Å². The topological polar surface area (TPSA) is 116 Å². The normalized spacial score (nSPS) is 15.9. The van der Waals surface area contributed by atoms with E-state index in [2.05, 4.69) is 10.6 Å². The van der Waals surface area contributed by atoms with E-state index in [-0.39, 0.29) is 42.5 Å². The summed E-state index contributed by atoms with van der Waals surface area (Å²) in [6.07, 6.45) is 0.135. The Morgan fingerprint density at radius 3 is 2.46 bits per heavy atom. The van der Waals surface area contributed by atoms with Gasteiger partial charge >= 0.3 is 0 Å². The maximum atomic E-state index is 14.1. The Kier molecular flexibility index (Phi) is 7.37. The molecule has 0 aliphatic carbocycles. The zero-order valence-electron chi connectivity index (χ0n) is 18.6. The van der Waals surface area contributed by atoms with E-state index < -0.39 is 33.5 Å². The summed E-state index contributed by atoms with van der Waals surface area (Å²) in [6.45, 7) is 0.450. The number of carbonyl (C=O) groups excluding carboxylic acids is 2. The highest BCUT2D eigenvalue weighted by atomic mass is 32.2. The van der Waals surface area contributed by atoms with Gasteiger partial charge in [-0.05, 0) is 47.3 Å². The van der Waals surface area contributed by atoms with E-state index in [4.69, 9.17) is 0 Å². The minimum absolute atomic E-state index is 0.0297. The molecule has 1 fully saturated rings. The lowest BCUT2D eigenvalue weighted by Crippen LogP contribution is -2.45. The molecule has 0 radical (unpaired) electrons. The molecule has 1 aromatic heterocycles. The molecule has 0 bridgehead atoms. The number of carbonyl (C=O) groups is 2. The maximum Gasteiger partial charge on any atom is 0.262 e. The number of hydrogen-bond acceptors (Lipinski definition) is 7. The molecule has 4 rings (SSSR count). The number of nitrogens with zero attached hydrogens (tertiary/aromatic N) is 1. The van der Waals surface area contributed by atoms with Crippen LogP contribution in [-0.2, 0) is 21.1 Å². The second-order valence-corrected chi connectivity index (χ2v) is 11.4. The van der Waals surface area contributed by atoms with E-state index in [1.165, 1.54) is 41.7 Å². The van der Waals surface area contributed by atoms with Crippen LogP contribution >= 0.6 is 11.3 Å². The lowest BCUT2D eigenvalue weighted by molar-refractivity contribution is -0.118. The lowest BCUT2D eigenvalue weighted by atomic mass is 10.0. The zero-order valence-corrected chi connectivity index (χ0v) is 20.2. The molecule has 184 valence electrons. The summed E-state index contributed by atoms with van der Waals surface area (Å²) in [5, 5.41) is 16.8. The van der Waals surface area contributed by atoms with Crippen LogP contribution in [0, 0.1) is 5.82 Å². The molecule has 0 spiro atoms. The van der Waals surface area contributed by atoms with Crippen molar-refractivity contribution in [2.45, 2.75) is 12.5 Å². The van der Waals surface area contributed by atoms with Crippen LogP contribution in [0.1, 0.15) is 15.2 Å². The predicted octanol–water partition coefficient (Wildman–Crippen LogP) is 2.81. The average molecular weight is 518 g/mol. The average Bonchev–Trinajstić information content (AvgIpc) is 3.36. The van der Waals surface area contributed by atoms with Crippen molar-refractivity contribution in [3.05, 3.63) is 76.2 Å². The smallest absolute Gasteiger partial charge is 0.262 e. The number of amides is 2. The third-order valence-corrected chi connectivity index (χ3v) is 8.12. The minimum Gasteiger partial charge on any atom is -0.508 e. The number of thiophene rings is 1. The van der Waals surface area contributed by atoms with Crippen molar-refractivity contribution >= 4 is 44.4 Å². The molecule has 0 unspecified atom stereocenters. The molecule has 1 aliphatic heterocycles. The van der Waals surface area contributed by atoms with Crippen molar-refractivity contribution in [3.63, 3.8) is 0 Å². The second-order valence-electron chi connectivity index (χ2n) is 8.16. The van der Waals surface area contributed by atoms with Gasteiger partial charge in [-0.15, -0.1) is 11.3 Å². The largest absolute Gasteiger partial charge is 0.508 e. The SMILES string of the molecule is O=C(N[C@H](Cc1ccc(O)cc1)C(=O)Nc1cc(F)ccc1N1CCS(=O)(=O)CC1)c1cccs1. The fourth-order valence-corrected chi connectivity index (χ4v) is 5.60. The van der Waals surface area contributed by atoms with Crippen LogP contribution in [0.2, 0.25) is 0 Å². The van der Waals surface area contributed by atoms with Gasteiger partial charge in [-0.25, -0.2) is 12.8 Å². The first kappa shape index (κ1) is 24.7. The minimum atomic E-state index is -3.12. The van der Waals surface area contributed by atoms with Crippen LogP contribution in [-0.4, -0.2) is 56.0 Å². The quantitative estimate of drug-likeness (QED) is 0.444. The Morgan fingerprint density at radius 2 is 1.80 bits per heavy atom. The Balaban J connectivity index is 1.57. The van der Waals surface area contributed by atoms with Gasteiger partial charge in [0.05, 0.1) is 27.8 Å². The van der Waals surface area contributed by atoms with Gasteiger partial charge in [0, 0.05) is 19.5 Å². The Morgan fingerprint density at radius 1 is 1.09 bits per heavy atom. The first-order valence-corrected chi connectivity index (χ1v) is 13.6. The summed E-state index contributed by atoms with van der Waals surface area (Å²) < 4.78 is 37.7. The van der Waals surface area contributed by atoms with E-state index in [9.17, 15) is 27.5 Å². The number of nitrogens with one attached hydrogen (secondary N) is 2. The predicted molar refractivity (Wildman–Crippen MR) is 133 cm³/mol. The summed E-state index contributed by atoms with van der Waals surface area (Å²) in [4.78, 5) is 28.3. The van der Waals surface area contributed by atoms with Gasteiger partial charge < -0.3 is 20.6 Å². The molecule has 3 N–H and O–H groups in total. The van der Waals surface area contributed by atoms with E-state index >= 15 is 0 Å². The second kappa shape index (κ2) is 10.4. The van der Waals surface area contributed by atoms with Crippen molar-refractivity contribution in [1.82, 2.24) is 5.32 Å². The first-order valence-electron chi connectivity index (χ1n) is 10.9.